The number of benzene rings is 2. The highest BCUT2D eigenvalue weighted by Gasteiger charge is 2.20. The normalized spacial score (nSPS) is 15.0. The molecule has 130 valence electrons. The van der Waals surface area contributed by atoms with Crippen LogP contribution < -0.4 is 4.90 Å². The number of amides is 1. The quantitative estimate of drug-likeness (QED) is 0.734. The van der Waals surface area contributed by atoms with Gasteiger partial charge in [-0.1, -0.05) is 35.3 Å². The largest absolute Gasteiger partial charge is 0.368 e. The molecule has 0 bridgehead atoms. The molecule has 0 saturated carbocycles. The molecule has 1 saturated heterocycles. The molecule has 0 unspecified atom stereocenters. The van der Waals surface area contributed by atoms with Gasteiger partial charge in [-0.2, -0.15) is 0 Å². The van der Waals surface area contributed by atoms with Gasteiger partial charge in [-0.15, -0.1) is 0 Å². The Bertz CT molecular complexity index is 782. The molecule has 1 aliphatic heterocycles. The predicted octanol–water partition coefficient (Wildman–Crippen LogP) is 4.49. The topological polar surface area (TPSA) is 23.6 Å². The average molecular weight is 379 g/mol. The summed E-state index contributed by atoms with van der Waals surface area (Å²) >= 11 is 12.0. The molecular formula is C19H17Cl2FN2O. The van der Waals surface area contributed by atoms with Gasteiger partial charge in [-0.25, -0.2) is 4.39 Å². The molecule has 1 fully saturated rings. The second-order valence-corrected chi connectivity index (χ2v) is 6.60. The summed E-state index contributed by atoms with van der Waals surface area (Å²) in [5.41, 5.74) is 1.28. The van der Waals surface area contributed by atoms with E-state index in [0.29, 0.717) is 18.1 Å². The van der Waals surface area contributed by atoms with Crippen LogP contribution in [0.15, 0.2) is 48.5 Å². The van der Waals surface area contributed by atoms with Crippen molar-refractivity contribution in [1.29, 1.82) is 0 Å². The Morgan fingerprint density at radius 3 is 2.44 bits per heavy atom. The van der Waals surface area contributed by atoms with Gasteiger partial charge in [-0.3, -0.25) is 4.79 Å². The number of rotatable bonds is 3. The Kier molecular flexibility index (Phi) is 5.61. The van der Waals surface area contributed by atoms with Gasteiger partial charge in [0.2, 0.25) is 5.91 Å². The third-order valence-electron chi connectivity index (χ3n) is 4.16. The van der Waals surface area contributed by atoms with Gasteiger partial charge in [0.05, 0.1) is 5.02 Å². The second kappa shape index (κ2) is 7.89. The molecule has 1 amide bonds. The minimum Gasteiger partial charge on any atom is -0.368 e. The lowest BCUT2D eigenvalue weighted by Gasteiger charge is -2.35. The van der Waals surface area contributed by atoms with Crippen molar-refractivity contribution < 1.29 is 9.18 Å². The van der Waals surface area contributed by atoms with E-state index in [1.165, 1.54) is 24.3 Å². The highest BCUT2D eigenvalue weighted by atomic mass is 35.5. The minimum atomic E-state index is -0.442. The van der Waals surface area contributed by atoms with Crippen LogP contribution in [-0.2, 0) is 4.79 Å². The summed E-state index contributed by atoms with van der Waals surface area (Å²) in [6, 6.07) is 12.1. The highest BCUT2D eigenvalue weighted by Crippen LogP contribution is 2.22. The van der Waals surface area contributed by atoms with Crippen molar-refractivity contribution in [2.45, 2.75) is 0 Å². The zero-order valence-corrected chi connectivity index (χ0v) is 15.0. The fraction of sp³-hybridized carbons (Fsp3) is 0.211. The summed E-state index contributed by atoms with van der Waals surface area (Å²) in [5, 5.41) is 0.982. The molecule has 2 aromatic carbocycles. The van der Waals surface area contributed by atoms with Crippen LogP contribution in [0, 0.1) is 5.82 Å². The van der Waals surface area contributed by atoms with E-state index in [0.717, 1.165) is 18.8 Å². The van der Waals surface area contributed by atoms with Gasteiger partial charge < -0.3 is 9.80 Å². The number of hydrogen-bond acceptors (Lipinski definition) is 2. The number of halogens is 3. The van der Waals surface area contributed by atoms with Gasteiger partial charge in [-0.05, 0) is 36.4 Å². The first kappa shape index (κ1) is 17.8. The standard InChI is InChI=1S/C19H17Cl2FN2O/c20-14-3-1-4-15(13-14)23-9-11-24(12-10-23)19(25)8-7-16-17(21)5-2-6-18(16)22/h1-8,13H,9-12H2/b8-7+. The Morgan fingerprint density at radius 2 is 1.76 bits per heavy atom. The Balaban J connectivity index is 1.61. The summed E-state index contributed by atoms with van der Waals surface area (Å²) in [6.45, 7) is 2.64. The van der Waals surface area contributed by atoms with Crippen LogP contribution in [0.25, 0.3) is 6.08 Å². The fourth-order valence-corrected chi connectivity index (χ4v) is 3.20. The van der Waals surface area contributed by atoms with Gasteiger partial charge in [0.15, 0.2) is 0 Å². The van der Waals surface area contributed by atoms with Gasteiger partial charge in [0, 0.05) is 48.5 Å². The first-order valence-corrected chi connectivity index (χ1v) is 8.72. The van der Waals surface area contributed by atoms with E-state index in [1.807, 2.05) is 24.3 Å². The maximum absolute atomic E-state index is 13.7. The molecule has 1 heterocycles. The predicted molar refractivity (Wildman–Crippen MR) is 101 cm³/mol. The Hall–Kier alpha value is -2.04. The summed E-state index contributed by atoms with van der Waals surface area (Å²) in [5.74, 6) is -0.590. The summed E-state index contributed by atoms with van der Waals surface area (Å²) in [7, 11) is 0. The Labute approximate surface area is 156 Å². The first-order chi connectivity index (χ1) is 12.0. The second-order valence-electron chi connectivity index (χ2n) is 5.76. The molecule has 0 radical (unpaired) electrons. The van der Waals surface area contributed by atoms with Crippen LogP contribution in [0.2, 0.25) is 10.0 Å². The zero-order chi connectivity index (χ0) is 17.8. The maximum Gasteiger partial charge on any atom is 0.246 e. The Morgan fingerprint density at radius 1 is 1.04 bits per heavy atom. The minimum absolute atomic E-state index is 0.148. The first-order valence-electron chi connectivity index (χ1n) is 7.96. The number of carbonyl (C=O) groups is 1. The molecular weight excluding hydrogens is 362 g/mol. The van der Waals surface area contributed by atoms with Crippen molar-refractivity contribution in [3.05, 3.63) is 70.0 Å². The molecule has 1 aliphatic rings. The average Bonchev–Trinajstić information content (AvgIpc) is 2.61. The van der Waals surface area contributed by atoms with Crippen molar-refractivity contribution in [3.63, 3.8) is 0 Å². The van der Waals surface area contributed by atoms with E-state index in [-0.39, 0.29) is 16.5 Å². The number of anilines is 1. The van der Waals surface area contributed by atoms with Crippen LogP contribution in [0.3, 0.4) is 0 Å². The molecule has 0 atom stereocenters. The zero-order valence-electron chi connectivity index (χ0n) is 13.5. The van der Waals surface area contributed by atoms with Crippen molar-refractivity contribution in [2.24, 2.45) is 0 Å². The van der Waals surface area contributed by atoms with Gasteiger partial charge >= 0.3 is 0 Å². The fourth-order valence-electron chi connectivity index (χ4n) is 2.79. The van der Waals surface area contributed by atoms with Crippen molar-refractivity contribution >= 4 is 40.9 Å². The summed E-state index contributed by atoms with van der Waals surface area (Å²) < 4.78 is 13.7. The van der Waals surface area contributed by atoms with E-state index in [2.05, 4.69) is 4.90 Å². The lowest BCUT2D eigenvalue weighted by molar-refractivity contribution is -0.126. The van der Waals surface area contributed by atoms with Crippen LogP contribution in [0.4, 0.5) is 10.1 Å². The van der Waals surface area contributed by atoms with Gasteiger partial charge in [0.25, 0.3) is 0 Å². The molecule has 0 aliphatic carbocycles. The maximum atomic E-state index is 13.7. The van der Waals surface area contributed by atoms with Crippen LogP contribution in [-0.4, -0.2) is 37.0 Å². The molecule has 0 spiro atoms. The molecule has 2 aromatic rings. The lowest BCUT2D eigenvalue weighted by atomic mass is 10.2. The molecule has 3 nitrogen and oxygen atoms in total. The van der Waals surface area contributed by atoms with Crippen molar-refractivity contribution in [2.75, 3.05) is 31.1 Å². The summed E-state index contributed by atoms with van der Waals surface area (Å²) in [4.78, 5) is 16.3. The smallest absolute Gasteiger partial charge is 0.246 e. The SMILES string of the molecule is O=C(/C=C/c1c(F)cccc1Cl)N1CCN(c2cccc(Cl)c2)CC1. The van der Waals surface area contributed by atoms with Crippen molar-refractivity contribution in [1.82, 2.24) is 4.90 Å². The van der Waals surface area contributed by atoms with Crippen molar-refractivity contribution in [3.8, 4) is 0 Å². The molecule has 0 N–H and O–H groups in total. The number of piperazine rings is 1. The monoisotopic (exact) mass is 378 g/mol. The number of hydrogen-bond donors (Lipinski definition) is 0. The van der Waals surface area contributed by atoms with Gasteiger partial charge in [0.1, 0.15) is 5.82 Å². The molecule has 0 aromatic heterocycles. The number of carbonyl (C=O) groups excluding carboxylic acids is 1. The van der Waals surface area contributed by atoms with E-state index >= 15 is 0 Å². The van der Waals surface area contributed by atoms with E-state index in [1.54, 1.807) is 11.0 Å². The molecule has 3 rings (SSSR count). The van der Waals surface area contributed by atoms with Crippen LogP contribution >= 0.6 is 23.2 Å². The third-order valence-corrected chi connectivity index (χ3v) is 4.72. The highest BCUT2D eigenvalue weighted by molar-refractivity contribution is 6.32. The van der Waals surface area contributed by atoms with E-state index < -0.39 is 5.82 Å². The molecule has 25 heavy (non-hydrogen) atoms. The molecule has 6 heteroatoms. The lowest BCUT2D eigenvalue weighted by Crippen LogP contribution is -2.48. The summed E-state index contributed by atoms with van der Waals surface area (Å²) in [6.07, 6.45) is 2.81. The van der Waals surface area contributed by atoms with E-state index in [9.17, 15) is 9.18 Å². The van der Waals surface area contributed by atoms with E-state index in [4.69, 9.17) is 23.2 Å². The number of nitrogens with zero attached hydrogens (tertiary/aromatic N) is 2. The van der Waals surface area contributed by atoms with Crippen LogP contribution in [0.5, 0.6) is 0 Å². The third kappa shape index (κ3) is 4.33. The van der Waals surface area contributed by atoms with Crippen LogP contribution in [0.1, 0.15) is 5.56 Å².